The molecule has 100 valence electrons. The lowest BCUT2D eigenvalue weighted by molar-refractivity contribution is -0.125. The number of allylic oxidation sites excluding steroid dienone is 1. The Bertz CT molecular complexity index is 507. The molecule has 1 aliphatic heterocycles. The Morgan fingerprint density at radius 1 is 1.42 bits per heavy atom. The topological polar surface area (TPSA) is 46.6 Å². The fourth-order valence-corrected chi connectivity index (χ4v) is 2.15. The Hall–Kier alpha value is -2.10. The Kier molecular flexibility index (Phi) is 4.00. The van der Waals surface area contributed by atoms with Crippen LogP contribution in [0.4, 0.5) is 4.79 Å². The lowest BCUT2D eigenvalue weighted by Crippen LogP contribution is -2.34. The van der Waals surface area contributed by atoms with Gasteiger partial charge in [-0.15, -0.1) is 0 Å². The van der Waals surface area contributed by atoms with Crippen LogP contribution in [0.25, 0.3) is 0 Å². The molecule has 19 heavy (non-hydrogen) atoms. The maximum atomic E-state index is 12.3. The number of hydrogen-bond acceptors (Lipinski definition) is 3. The van der Waals surface area contributed by atoms with Gasteiger partial charge in [0.25, 0.3) is 5.91 Å². The van der Waals surface area contributed by atoms with Crippen LogP contribution in [0.2, 0.25) is 0 Å². The summed E-state index contributed by atoms with van der Waals surface area (Å²) in [6, 6.07) is 9.12. The van der Waals surface area contributed by atoms with E-state index < -0.39 is 6.09 Å². The Morgan fingerprint density at radius 2 is 2.11 bits per heavy atom. The summed E-state index contributed by atoms with van der Waals surface area (Å²) in [5.74, 6) is -0.279. The maximum absolute atomic E-state index is 12.3. The molecular formula is C15H17NO3. The molecule has 0 bridgehead atoms. The summed E-state index contributed by atoms with van der Waals surface area (Å²) in [6.07, 6.45) is 2.01. The lowest BCUT2D eigenvalue weighted by Gasteiger charge is -2.20. The average Bonchev–Trinajstić information content (AvgIpc) is 2.81. The fourth-order valence-electron chi connectivity index (χ4n) is 2.15. The van der Waals surface area contributed by atoms with Gasteiger partial charge in [-0.3, -0.25) is 4.79 Å². The first kappa shape index (κ1) is 13.3. The van der Waals surface area contributed by atoms with Crippen LogP contribution in [0.15, 0.2) is 42.0 Å². The average molecular weight is 259 g/mol. The van der Waals surface area contributed by atoms with Crippen LogP contribution in [0.5, 0.6) is 0 Å². The van der Waals surface area contributed by atoms with E-state index in [1.807, 2.05) is 43.3 Å². The van der Waals surface area contributed by atoms with E-state index >= 15 is 0 Å². The van der Waals surface area contributed by atoms with E-state index in [1.165, 1.54) is 4.90 Å². The van der Waals surface area contributed by atoms with Gasteiger partial charge in [-0.25, -0.2) is 9.69 Å². The number of rotatable bonds is 3. The molecule has 0 aromatic heterocycles. The highest BCUT2D eigenvalue weighted by atomic mass is 16.6. The summed E-state index contributed by atoms with van der Waals surface area (Å²) < 4.78 is 5.02. The predicted octanol–water partition coefficient (Wildman–Crippen LogP) is 3.06. The number of carbonyl (C=O) groups is 2. The molecule has 1 fully saturated rings. The van der Waals surface area contributed by atoms with Crippen molar-refractivity contribution >= 4 is 12.0 Å². The monoisotopic (exact) mass is 259 g/mol. The third-order valence-electron chi connectivity index (χ3n) is 3.12. The first-order valence-corrected chi connectivity index (χ1v) is 6.37. The minimum atomic E-state index is -0.567. The Morgan fingerprint density at radius 3 is 2.74 bits per heavy atom. The van der Waals surface area contributed by atoms with Gasteiger partial charge in [-0.1, -0.05) is 43.3 Å². The second kappa shape index (κ2) is 5.69. The Balaban J connectivity index is 2.28. The smallest absolute Gasteiger partial charge is 0.417 e. The number of nitrogens with zero attached hydrogens (tertiary/aromatic N) is 1. The molecule has 2 rings (SSSR count). The summed E-state index contributed by atoms with van der Waals surface area (Å²) in [7, 11) is 0. The van der Waals surface area contributed by atoms with Crippen molar-refractivity contribution in [1.82, 2.24) is 4.90 Å². The number of amides is 2. The molecule has 1 aliphatic rings. The van der Waals surface area contributed by atoms with Gasteiger partial charge in [0, 0.05) is 5.57 Å². The highest BCUT2D eigenvalue weighted by Gasteiger charge is 2.39. The standard InChI is InChI=1S/C15H17NO3/c1-3-7-11(2)14(17)16-13(10-19-15(16)18)12-8-5-4-6-9-12/h4-9,13H,3,10H2,1-2H3/b11-7+. The Labute approximate surface area is 112 Å². The molecule has 1 aromatic carbocycles. The largest absolute Gasteiger partial charge is 0.446 e. The lowest BCUT2D eigenvalue weighted by atomic mass is 10.1. The zero-order valence-corrected chi connectivity index (χ0v) is 11.1. The molecule has 0 saturated carbocycles. The van der Waals surface area contributed by atoms with Crippen LogP contribution in [-0.4, -0.2) is 23.5 Å². The third kappa shape index (κ3) is 2.67. The second-order valence-corrected chi connectivity index (χ2v) is 4.47. The second-order valence-electron chi connectivity index (χ2n) is 4.47. The van der Waals surface area contributed by atoms with Gasteiger partial charge in [-0.2, -0.15) is 0 Å². The molecule has 4 nitrogen and oxygen atoms in total. The quantitative estimate of drug-likeness (QED) is 0.784. The van der Waals surface area contributed by atoms with Gasteiger partial charge in [-0.05, 0) is 18.9 Å². The molecule has 0 radical (unpaired) electrons. The van der Waals surface area contributed by atoms with Crippen LogP contribution in [0, 0.1) is 0 Å². The molecule has 1 aromatic rings. The molecule has 1 unspecified atom stereocenters. The van der Waals surface area contributed by atoms with Crippen molar-refractivity contribution in [3.63, 3.8) is 0 Å². The van der Waals surface area contributed by atoms with E-state index in [9.17, 15) is 9.59 Å². The van der Waals surface area contributed by atoms with Crippen molar-refractivity contribution in [3.8, 4) is 0 Å². The van der Waals surface area contributed by atoms with Gasteiger partial charge < -0.3 is 4.74 Å². The predicted molar refractivity (Wildman–Crippen MR) is 71.4 cm³/mol. The fraction of sp³-hybridized carbons (Fsp3) is 0.333. The molecule has 1 heterocycles. The van der Waals surface area contributed by atoms with Crippen molar-refractivity contribution in [2.24, 2.45) is 0 Å². The minimum Gasteiger partial charge on any atom is -0.446 e. The van der Waals surface area contributed by atoms with Gasteiger partial charge >= 0.3 is 6.09 Å². The summed E-state index contributed by atoms with van der Waals surface area (Å²) >= 11 is 0. The van der Waals surface area contributed by atoms with E-state index in [4.69, 9.17) is 4.74 Å². The summed E-state index contributed by atoms with van der Waals surface area (Å²) in [4.78, 5) is 25.3. The van der Waals surface area contributed by atoms with Crippen molar-refractivity contribution in [2.75, 3.05) is 6.61 Å². The highest BCUT2D eigenvalue weighted by molar-refractivity contribution is 6.03. The van der Waals surface area contributed by atoms with Crippen molar-refractivity contribution < 1.29 is 14.3 Å². The molecule has 0 spiro atoms. The zero-order valence-electron chi connectivity index (χ0n) is 11.1. The number of ether oxygens (including phenoxy) is 1. The van der Waals surface area contributed by atoms with Gasteiger partial charge in [0.15, 0.2) is 0 Å². The van der Waals surface area contributed by atoms with Gasteiger partial charge in [0.05, 0.1) is 0 Å². The molecule has 1 saturated heterocycles. The SMILES string of the molecule is CC/C=C(\C)C(=O)N1C(=O)OCC1c1ccccc1. The van der Waals surface area contributed by atoms with Crippen molar-refractivity contribution in [2.45, 2.75) is 26.3 Å². The summed E-state index contributed by atoms with van der Waals surface area (Å²) in [5.41, 5.74) is 1.48. The number of hydrogen-bond donors (Lipinski definition) is 0. The first-order valence-electron chi connectivity index (χ1n) is 6.37. The zero-order chi connectivity index (χ0) is 13.8. The van der Waals surface area contributed by atoms with Crippen molar-refractivity contribution in [1.29, 1.82) is 0 Å². The molecule has 1 atom stereocenters. The first-order chi connectivity index (χ1) is 9.15. The molecule has 4 heteroatoms. The number of benzene rings is 1. The van der Waals surface area contributed by atoms with Gasteiger partial charge in [0.1, 0.15) is 12.6 Å². The van der Waals surface area contributed by atoms with E-state index in [0.717, 1.165) is 12.0 Å². The van der Waals surface area contributed by atoms with E-state index in [0.29, 0.717) is 5.57 Å². The van der Waals surface area contributed by atoms with Crippen LogP contribution >= 0.6 is 0 Å². The number of carbonyl (C=O) groups excluding carboxylic acids is 2. The van der Waals surface area contributed by atoms with Crippen molar-refractivity contribution in [3.05, 3.63) is 47.5 Å². The van der Waals surface area contributed by atoms with Crippen LogP contribution in [0.3, 0.4) is 0 Å². The summed E-state index contributed by atoms with van der Waals surface area (Å²) in [5, 5.41) is 0. The highest BCUT2D eigenvalue weighted by Crippen LogP contribution is 2.28. The third-order valence-corrected chi connectivity index (χ3v) is 3.12. The number of cyclic esters (lactones) is 1. The van der Waals surface area contributed by atoms with E-state index in [-0.39, 0.29) is 18.6 Å². The normalized spacial score (nSPS) is 19.5. The minimum absolute atomic E-state index is 0.216. The molecule has 2 amide bonds. The molecular weight excluding hydrogens is 242 g/mol. The van der Waals surface area contributed by atoms with E-state index in [1.54, 1.807) is 6.92 Å². The maximum Gasteiger partial charge on any atom is 0.417 e. The summed E-state index contributed by atoms with van der Waals surface area (Å²) in [6.45, 7) is 3.89. The van der Waals surface area contributed by atoms with E-state index in [2.05, 4.69) is 0 Å². The number of imide groups is 1. The van der Waals surface area contributed by atoms with Crippen LogP contribution < -0.4 is 0 Å². The molecule has 0 aliphatic carbocycles. The van der Waals surface area contributed by atoms with Crippen LogP contribution in [-0.2, 0) is 9.53 Å². The molecule has 0 N–H and O–H groups in total. The van der Waals surface area contributed by atoms with Gasteiger partial charge in [0.2, 0.25) is 0 Å². The van der Waals surface area contributed by atoms with Crippen LogP contribution in [0.1, 0.15) is 31.9 Å².